The molecule has 0 aromatic carbocycles. The summed E-state index contributed by atoms with van der Waals surface area (Å²) in [6.45, 7) is 5.87. The molecular formula is C13H20INOS. The van der Waals surface area contributed by atoms with Crippen molar-refractivity contribution in [3.8, 4) is 0 Å². The molecule has 96 valence electrons. The van der Waals surface area contributed by atoms with Crippen LogP contribution in [0.4, 0.5) is 0 Å². The van der Waals surface area contributed by atoms with Gasteiger partial charge in [-0.3, -0.25) is 0 Å². The van der Waals surface area contributed by atoms with Crippen LogP contribution in [0, 0.1) is 2.88 Å². The maximum atomic E-state index is 5.47. The molecule has 0 saturated heterocycles. The number of halogens is 1. The van der Waals surface area contributed by atoms with Crippen LogP contribution in [0.2, 0.25) is 0 Å². The Hall–Kier alpha value is 0.350. The largest absolute Gasteiger partial charge is 0.380 e. The van der Waals surface area contributed by atoms with Crippen molar-refractivity contribution >= 4 is 33.9 Å². The Labute approximate surface area is 121 Å². The normalized spacial score (nSPS) is 21.2. The standard InChI is InChI=1S/C13H20INOS/c1-3-16-8-9(2)15-11-5-4-6-12-10(11)7-13(14)17-12/h7,9,11,15H,3-6,8H2,1-2H3. The van der Waals surface area contributed by atoms with E-state index >= 15 is 0 Å². The number of hydrogen-bond acceptors (Lipinski definition) is 3. The SMILES string of the molecule is CCOCC(C)NC1CCCc2sc(I)cc21. The number of aryl methyl sites for hydroxylation is 1. The van der Waals surface area contributed by atoms with Gasteiger partial charge < -0.3 is 10.1 Å². The summed E-state index contributed by atoms with van der Waals surface area (Å²) in [5, 5.41) is 3.70. The Morgan fingerprint density at radius 1 is 1.65 bits per heavy atom. The topological polar surface area (TPSA) is 21.3 Å². The van der Waals surface area contributed by atoms with Crippen LogP contribution >= 0.6 is 33.9 Å². The molecule has 4 heteroatoms. The third kappa shape index (κ3) is 3.66. The molecule has 1 aromatic rings. The van der Waals surface area contributed by atoms with Crippen molar-refractivity contribution < 1.29 is 4.74 Å². The van der Waals surface area contributed by atoms with E-state index in [9.17, 15) is 0 Å². The highest BCUT2D eigenvalue weighted by atomic mass is 127. The number of ether oxygens (including phenoxy) is 1. The zero-order valence-corrected chi connectivity index (χ0v) is 13.4. The highest BCUT2D eigenvalue weighted by molar-refractivity contribution is 14.1. The van der Waals surface area contributed by atoms with Crippen molar-refractivity contribution in [2.75, 3.05) is 13.2 Å². The fourth-order valence-corrected chi connectivity index (χ4v) is 4.50. The van der Waals surface area contributed by atoms with Crippen LogP contribution in [0.15, 0.2) is 6.07 Å². The molecule has 2 nitrogen and oxygen atoms in total. The Balaban J connectivity index is 1.98. The van der Waals surface area contributed by atoms with E-state index in [1.165, 1.54) is 27.7 Å². The molecule has 2 rings (SSSR count). The van der Waals surface area contributed by atoms with Gasteiger partial charge in [-0.2, -0.15) is 0 Å². The van der Waals surface area contributed by atoms with Crippen molar-refractivity contribution in [1.82, 2.24) is 5.32 Å². The lowest BCUT2D eigenvalue weighted by atomic mass is 9.93. The summed E-state index contributed by atoms with van der Waals surface area (Å²) < 4.78 is 6.88. The van der Waals surface area contributed by atoms with Gasteiger partial charge in [-0.1, -0.05) is 0 Å². The van der Waals surface area contributed by atoms with Gasteiger partial charge in [0.1, 0.15) is 0 Å². The minimum atomic E-state index is 0.434. The number of thiophene rings is 1. The van der Waals surface area contributed by atoms with Gasteiger partial charge in [-0.25, -0.2) is 0 Å². The lowest BCUT2D eigenvalue weighted by molar-refractivity contribution is 0.122. The highest BCUT2D eigenvalue weighted by Crippen LogP contribution is 2.36. The van der Waals surface area contributed by atoms with E-state index in [0.717, 1.165) is 13.2 Å². The first-order chi connectivity index (χ1) is 8.20. The molecule has 2 unspecified atom stereocenters. The van der Waals surface area contributed by atoms with Gasteiger partial charge in [0.15, 0.2) is 0 Å². The van der Waals surface area contributed by atoms with Crippen LogP contribution in [-0.2, 0) is 11.2 Å². The fourth-order valence-electron chi connectivity index (χ4n) is 2.38. The molecule has 0 fully saturated rings. The third-order valence-electron chi connectivity index (χ3n) is 3.14. The van der Waals surface area contributed by atoms with E-state index in [1.807, 2.05) is 18.3 Å². The van der Waals surface area contributed by atoms with Crippen LogP contribution in [0.1, 0.15) is 43.2 Å². The molecule has 1 aliphatic carbocycles. The second-order valence-corrected chi connectivity index (χ2v) is 7.63. The van der Waals surface area contributed by atoms with E-state index in [4.69, 9.17) is 4.74 Å². The third-order valence-corrected chi connectivity index (χ3v) is 5.11. The van der Waals surface area contributed by atoms with Gasteiger partial charge >= 0.3 is 0 Å². The minimum Gasteiger partial charge on any atom is -0.380 e. The van der Waals surface area contributed by atoms with Crippen molar-refractivity contribution in [3.63, 3.8) is 0 Å². The first-order valence-electron chi connectivity index (χ1n) is 6.32. The predicted octanol–water partition coefficient (Wildman–Crippen LogP) is 3.74. The molecule has 0 aliphatic heterocycles. The smallest absolute Gasteiger partial charge is 0.0659 e. The fraction of sp³-hybridized carbons (Fsp3) is 0.692. The number of hydrogen-bond donors (Lipinski definition) is 1. The molecule has 0 radical (unpaired) electrons. The molecule has 1 heterocycles. The van der Waals surface area contributed by atoms with Crippen LogP contribution in [0.25, 0.3) is 0 Å². The van der Waals surface area contributed by atoms with Crippen molar-refractivity contribution in [1.29, 1.82) is 0 Å². The minimum absolute atomic E-state index is 0.434. The van der Waals surface area contributed by atoms with Gasteiger partial charge in [0, 0.05) is 23.6 Å². The van der Waals surface area contributed by atoms with Gasteiger partial charge in [-0.15, -0.1) is 11.3 Å². The van der Waals surface area contributed by atoms with E-state index in [-0.39, 0.29) is 0 Å². The number of rotatable bonds is 5. The summed E-state index contributed by atoms with van der Waals surface area (Å²) in [6.07, 6.45) is 3.83. The average molecular weight is 365 g/mol. The molecule has 0 saturated carbocycles. The van der Waals surface area contributed by atoms with Gasteiger partial charge in [0.2, 0.25) is 0 Å². The van der Waals surface area contributed by atoms with Crippen LogP contribution in [0.3, 0.4) is 0 Å². The highest BCUT2D eigenvalue weighted by Gasteiger charge is 2.23. The van der Waals surface area contributed by atoms with Crippen LogP contribution < -0.4 is 5.32 Å². The molecule has 1 aliphatic rings. The molecule has 17 heavy (non-hydrogen) atoms. The summed E-state index contributed by atoms with van der Waals surface area (Å²) in [5.74, 6) is 0. The van der Waals surface area contributed by atoms with E-state index in [2.05, 4.69) is 40.9 Å². The lowest BCUT2D eigenvalue weighted by Crippen LogP contribution is -2.35. The Morgan fingerprint density at radius 3 is 3.24 bits per heavy atom. The van der Waals surface area contributed by atoms with Crippen molar-refractivity contribution in [2.45, 2.75) is 45.2 Å². The Morgan fingerprint density at radius 2 is 2.47 bits per heavy atom. The van der Waals surface area contributed by atoms with Gasteiger partial charge in [-0.05, 0) is 67.3 Å². The van der Waals surface area contributed by atoms with Gasteiger partial charge in [0.05, 0.1) is 9.49 Å². The summed E-state index contributed by atoms with van der Waals surface area (Å²) >= 11 is 4.39. The zero-order chi connectivity index (χ0) is 12.3. The van der Waals surface area contributed by atoms with Crippen molar-refractivity contribution in [2.24, 2.45) is 0 Å². The molecule has 0 bridgehead atoms. The first-order valence-corrected chi connectivity index (χ1v) is 8.22. The molecule has 2 atom stereocenters. The second-order valence-electron chi connectivity index (χ2n) is 4.60. The average Bonchev–Trinajstić information content (AvgIpc) is 2.68. The lowest BCUT2D eigenvalue weighted by Gasteiger charge is -2.27. The van der Waals surface area contributed by atoms with E-state index < -0.39 is 0 Å². The summed E-state index contributed by atoms with van der Waals surface area (Å²) in [4.78, 5) is 1.58. The number of nitrogens with one attached hydrogen (secondary N) is 1. The summed E-state index contributed by atoms with van der Waals surface area (Å²) in [5.41, 5.74) is 1.54. The quantitative estimate of drug-likeness (QED) is 0.803. The summed E-state index contributed by atoms with van der Waals surface area (Å²) in [7, 11) is 0. The van der Waals surface area contributed by atoms with Crippen LogP contribution in [-0.4, -0.2) is 19.3 Å². The second kappa shape index (κ2) is 6.50. The monoisotopic (exact) mass is 365 g/mol. The maximum absolute atomic E-state index is 5.47. The zero-order valence-electron chi connectivity index (χ0n) is 10.5. The Bertz CT molecular complexity index is 366. The molecule has 1 aromatic heterocycles. The predicted molar refractivity (Wildman–Crippen MR) is 81.8 cm³/mol. The van der Waals surface area contributed by atoms with E-state index in [1.54, 1.807) is 4.88 Å². The maximum Gasteiger partial charge on any atom is 0.0659 e. The molecule has 1 N–H and O–H groups in total. The Kier molecular flexibility index (Phi) is 5.26. The molecule has 0 amide bonds. The summed E-state index contributed by atoms with van der Waals surface area (Å²) in [6, 6.07) is 3.32. The molecule has 0 spiro atoms. The van der Waals surface area contributed by atoms with Crippen LogP contribution in [0.5, 0.6) is 0 Å². The number of fused-ring (bicyclic) bond motifs is 1. The van der Waals surface area contributed by atoms with E-state index in [0.29, 0.717) is 12.1 Å². The van der Waals surface area contributed by atoms with Crippen molar-refractivity contribution in [3.05, 3.63) is 19.4 Å². The van der Waals surface area contributed by atoms with Gasteiger partial charge in [0.25, 0.3) is 0 Å². The first kappa shape index (κ1) is 13.8. The molecular weight excluding hydrogens is 345 g/mol.